The molecule has 0 atom stereocenters. The van der Waals surface area contributed by atoms with Crippen molar-refractivity contribution in [3.8, 4) is 0 Å². The number of hydrogen-bond acceptors (Lipinski definition) is 3. The second-order valence-corrected chi connectivity index (χ2v) is 6.08. The molecular formula is C10H13ClN2O2S. The molecule has 1 saturated heterocycles. The van der Waals surface area contributed by atoms with Gasteiger partial charge >= 0.3 is 0 Å². The molecule has 1 aliphatic rings. The van der Waals surface area contributed by atoms with Gasteiger partial charge in [0.05, 0.1) is 5.02 Å². The van der Waals surface area contributed by atoms with Crippen molar-refractivity contribution in [2.75, 3.05) is 13.1 Å². The van der Waals surface area contributed by atoms with E-state index in [2.05, 4.69) is 4.98 Å². The first-order chi connectivity index (χ1) is 7.62. The third kappa shape index (κ3) is 2.21. The molecule has 0 aromatic carbocycles. The van der Waals surface area contributed by atoms with E-state index in [1.54, 1.807) is 0 Å². The largest absolute Gasteiger partial charge is 0.263 e. The quantitative estimate of drug-likeness (QED) is 0.816. The normalized spacial score (nSPS) is 18.6. The Bertz CT molecular complexity index is 469. The van der Waals surface area contributed by atoms with Crippen LogP contribution in [0.4, 0.5) is 0 Å². The van der Waals surface area contributed by atoms with Gasteiger partial charge in [-0.2, -0.15) is 4.31 Å². The van der Waals surface area contributed by atoms with Crippen molar-refractivity contribution in [2.45, 2.75) is 24.2 Å². The fraction of sp³-hybridized carbons (Fsp3) is 0.500. The number of aromatic nitrogens is 1. The van der Waals surface area contributed by atoms with E-state index in [0.717, 1.165) is 19.3 Å². The Morgan fingerprint density at radius 1 is 1.25 bits per heavy atom. The maximum absolute atomic E-state index is 12.2. The first kappa shape index (κ1) is 11.8. The van der Waals surface area contributed by atoms with E-state index in [-0.39, 0.29) is 9.92 Å². The molecule has 1 aliphatic heterocycles. The number of pyridine rings is 1. The van der Waals surface area contributed by atoms with Gasteiger partial charge < -0.3 is 0 Å². The minimum absolute atomic E-state index is 0.110. The fourth-order valence-electron chi connectivity index (χ4n) is 1.80. The van der Waals surface area contributed by atoms with E-state index >= 15 is 0 Å². The van der Waals surface area contributed by atoms with Crippen LogP contribution in [0.3, 0.4) is 0 Å². The van der Waals surface area contributed by atoms with Gasteiger partial charge in [0, 0.05) is 25.5 Å². The van der Waals surface area contributed by atoms with Crippen molar-refractivity contribution in [3.05, 3.63) is 23.5 Å². The van der Waals surface area contributed by atoms with E-state index in [1.165, 1.54) is 22.8 Å². The summed E-state index contributed by atoms with van der Waals surface area (Å²) in [7, 11) is -3.45. The summed E-state index contributed by atoms with van der Waals surface area (Å²) in [6.07, 6.45) is 5.71. The lowest BCUT2D eigenvalue weighted by atomic mass is 10.2. The molecule has 0 bridgehead atoms. The summed E-state index contributed by atoms with van der Waals surface area (Å²) in [5.74, 6) is 0. The summed E-state index contributed by atoms with van der Waals surface area (Å²) in [5, 5.41) is 0.237. The van der Waals surface area contributed by atoms with Crippen molar-refractivity contribution >= 4 is 21.6 Å². The predicted molar refractivity (Wildman–Crippen MR) is 61.9 cm³/mol. The lowest BCUT2D eigenvalue weighted by Crippen LogP contribution is -2.35. The highest BCUT2D eigenvalue weighted by Crippen LogP contribution is 2.25. The molecule has 16 heavy (non-hydrogen) atoms. The topological polar surface area (TPSA) is 50.3 Å². The van der Waals surface area contributed by atoms with Gasteiger partial charge in [-0.3, -0.25) is 4.98 Å². The lowest BCUT2D eigenvalue weighted by molar-refractivity contribution is 0.346. The Kier molecular flexibility index (Phi) is 3.47. The highest BCUT2D eigenvalue weighted by Gasteiger charge is 2.27. The van der Waals surface area contributed by atoms with Crippen molar-refractivity contribution in [2.24, 2.45) is 0 Å². The van der Waals surface area contributed by atoms with Crippen LogP contribution in [-0.2, 0) is 10.0 Å². The monoisotopic (exact) mass is 260 g/mol. The fourth-order valence-corrected chi connectivity index (χ4v) is 3.72. The van der Waals surface area contributed by atoms with Crippen LogP contribution in [0.15, 0.2) is 23.4 Å². The molecule has 0 aliphatic carbocycles. The van der Waals surface area contributed by atoms with E-state index < -0.39 is 10.0 Å². The smallest absolute Gasteiger partial charge is 0.246 e. The molecule has 0 radical (unpaired) electrons. The van der Waals surface area contributed by atoms with E-state index in [1.807, 2.05) is 0 Å². The number of halogens is 1. The molecule has 1 aromatic rings. The van der Waals surface area contributed by atoms with Crippen molar-refractivity contribution in [3.63, 3.8) is 0 Å². The maximum Gasteiger partial charge on any atom is 0.246 e. The van der Waals surface area contributed by atoms with Crippen LogP contribution in [0.1, 0.15) is 19.3 Å². The molecular weight excluding hydrogens is 248 g/mol. The van der Waals surface area contributed by atoms with Crippen LogP contribution in [0, 0.1) is 0 Å². The summed E-state index contributed by atoms with van der Waals surface area (Å²) in [4.78, 5) is 3.93. The molecule has 0 amide bonds. The molecule has 1 fully saturated rings. The highest BCUT2D eigenvalue weighted by atomic mass is 35.5. The number of nitrogens with zero attached hydrogens (tertiary/aromatic N) is 2. The van der Waals surface area contributed by atoms with Crippen LogP contribution >= 0.6 is 11.6 Å². The van der Waals surface area contributed by atoms with Crippen LogP contribution in [0.25, 0.3) is 0 Å². The number of rotatable bonds is 2. The third-order valence-corrected chi connectivity index (χ3v) is 5.03. The maximum atomic E-state index is 12.2. The summed E-state index contributed by atoms with van der Waals surface area (Å²) < 4.78 is 25.9. The zero-order valence-corrected chi connectivity index (χ0v) is 10.3. The van der Waals surface area contributed by atoms with Gasteiger partial charge in [0.2, 0.25) is 10.0 Å². The molecule has 2 rings (SSSR count). The van der Waals surface area contributed by atoms with Gasteiger partial charge in [0.15, 0.2) is 0 Å². The Morgan fingerprint density at radius 3 is 2.56 bits per heavy atom. The second-order valence-electron chi connectivity index (χ2n) is 3.77. The van der Waals surface area contributed by atoms with Gasteiger partial charge in [-0.15, -0.1) is 0 Å². The molecule has 0 saturated carbocycles. The average Bonchev–Trinajstić information content (AvgIpc) is 2.30. The third-order valence-electron chi connectivity index (χ3n) is 2.67. The van der Waals surface area contributed by atoms with Crippen molar-refractivity contribution < 1.29 is 8.42 Å². The average molecular weight is 261 g/mol. The first-order valence-corrected chi connectivity index (χ1v) is 7.04. The number of piperidine rings is 1. The molecule has 4 nitrogen and oxygen atoms in total. The number of hydrogen-bond donors (Lipinski definition) is 0. The molecule has 1 aromatic heterocycles. The van der Waals surface area contributed by atoms with Crippen molar-refractivity contribution in [1.29, 1.82) is 0 Å². The van der Waals surface area contributed by atoms with Gasteiger partial charge in [-0.25, -0.2) is 8.42 Å². The molecule has 0 N–H and O–H groups in total. The molecule has 2 heterocycles. The summed E-state index contributed by atoms with van der Waals surface area (Å²) in [6, 6.07) is 1.50. The Morgan fingerprint density at radius 2 is 1.94 bits per heavy atom. The first-order valence-electron chi connectivity index (χ1n) is 5.22. The lowest BCUT2D eigenvalue weighted by Gasteiger charge is -2.25. The second kappa shape index (κ2) is 4.69. The summed E-state index contributed by atoms with van der Waals surface area (Å²) in [5.41, 5.74) is 0. The van der Waals surface area contributed by atoms with Crippen molar-refractivity contribution in [1.82, 2.24) is 9.29 Å². The van der Waals surface area contributed by atoms with Crippen LogP contribution in [0.5, 0.6) is 0 Å². The zero-order valence-electron chi connectivity index (χ0n) is 8.76. The highest BCUT2D eigenvalue weighted by molar-refractivity contribution is 7.89. The predicted octanol–water partition coefficient (Wildman–Crippen LogP) is 1.91. The summed E-state index contributed by atoms with van der Waals surface area (Å²) >= 11 is 5.88. The minimum atomic E-state index is -3.45. The minimum Gasteiger partial charge on any atom is -0.263 e. The van der Waals surface area contributed by atoms with Crippen LogP contribution < -0.4 is 0 Å². The number of sulfonamides is 1. The van der Waals surface area contributed by atoms with Gasteiger partial charge in [-0.1, -0.05) is 18.0 Å². The molecule has 0 unspecified atom stereocenters. The van der Waals surface area contributed by atoms with Gasteiger partial charge in [0.1, 0.15) is 4.90 Å². The summed E-state index contributed by atoms with van der Waals surface area (Å²) in [6.45, 7) is 1.15. The van der Waals surface area contributed by atoms with E-state index in [0.29, 0.717) is 13.1 Å². The Hall–Kier alpha value is -0.650. The molecule has 6 heteroatoms. The Balaban J connectivity index is 2.35. The van der Waals surface area contributed by atoms with Gasteiger partial charge in [-0.05, 0) is 18.9 Å². The molecule has 0 spiro atoms. The molecule has 88 valence electrons. The van der Waals surface area contributed by atoms with E-state index in [4.69, 9.17) is 11.6 Å². The Labute approximate surface area is 100 Å². The van der Waals surface area contributed by atoms with E-state index in [9.17, 15) is 8.42 Å². The zero-order chi connectivity index (χ0) is 11.6. The van der Waals surface area contributed by atoms with Crippen LogP contribution in [-0.4, -0.2) is 30.8 Å². The van der Waals surface area contributed by atoms with Crippen LogP contribution in [0.2, 0.25) is 5.02 Å². The standard InChI is InChI=1S/C10H13ClN2O2S/c11-9-4-5-12-8-10(9)16(14,15)13-6-2-1-3-7-13/h4-5,8H,1-3,6-7H2. The SMILES string of the molecule is O=S(=O)(c1cnccc1Cl)N1CCCCC1. The van der Waals surface area contributed by atoms with Gasteiger partial charge in [0.25, 0.3) is 0 Å².